The van der Waals surface area contributed by atoms with Crippen LogP contribution in [0.4, 0.5) is 23.2 Å². The standard InChI is InChI=1S/C20H19F4NO3/c1-2-11-28-18-9-5-14(20(22,23)24)12-16(18)25-19(27)10-8-17(26)13-3-6-15(21)7-4-13/h3-7,9,12H,2,8,10-11H2,1H3,(H,25,27). The van der Waals surface area contributed by atoms with Gasteiger partial charge in [0, 0.05) is 18.4 Å². The van der Waals surface area contributed by atoms with Crippen LogP contribution in [0.15, 0.2) is 42.5 Å². The van der Waals surface area contributed by atoms with Crippen molar-refractivity contribution >= 4 is 17.4 Å². The molecule has 0 saturated heterocycles. The summed E-state index contributed by atoms with van der Waals surface area (Å²) in [7, 11) is 0. The number of hydrogen-bond acceptors (Lipinski definition) is 3. The second-order valence-electron chi connectivity index (χ2n) is 6.04. The molecule has 0 bridgehead atoms. The summed E-state index contributed by atoms with van der Waals surface area (Å²) in [4.78, 5) is 24.2. The highest BCUT2D eigenvalue weighted by Crippen LogP contribution is 2.35. The van der Waals surface area contributed by atoms with E-state index < -0.39 is 23.5 Å². The van der Waals surface area contributed by atoms with Crippen LogP contribution in [0, 0.1) is 5.82 Å². The number of Topliss-reactive ketones (excluding diaryl/α,β-unsaturated/α-hetero) is 1. The molecule has 2 aromatic carbocycles. The SMILES string of the molecule is CCCOc1ccc(C(F)(F)F)cc1NC(=O)CCC(=O)c1ccc(F)cc1. The Balaban J connectivity index is 2.06. The van der Waals surface area contributed by atoms with E-state index in [1.807, 2.05) is 6.92 Å². The summed E-state index contributed by atoms with van der Waals surface area (Å²) in [6, 6.07) is 7.69. The Kier molecular flexibility index (Phi) is 7.14. The topological polar surface area (TPSA) is 55.4 Å². The molecule has 28 heavy (non-hydrogen) atoms. The lowest BCUT2D eigenvalue weighted by molar-refractivity contribution is -0.137. The number of rotatable bonds is 8. The Hall–Kier alpha value is -2.90. The van der Waals surface area contributed by atoms with Crippen LogP contribution in [0.3, 0.4) is 0 Å². The molecule has 8 heteroatoms. The summed E-state index contributed by atoms with van der Waals surface area (Å²) < 4.78 is 57.1. The average Bonchev–Trinajstić information content (AvgIpc) is 2.65. The van der Waals surface area contributed by atoms with Crippen molar-refractivity contribution in [3.8, 4) is 5.75 Å². The van der Waals surface area contributed by atoms with E-state index in [2.05, 4.69) is 5.32 Å². The molecule has 0 aliphatic heterocycles. The molecule has 0 aromatic heterocycles. The predicted molar refractivity (Wildman–Crippen MR) is 95.8 cm³/mol. The summed E-state index contributed by atoms with van der Waals surface area (Å²) in [6.45, 7) is 2.11. The summed E-state index contributed by atoms with van der Waals surface area (Å²) >= 11 is 0. The Bertz CT molecular complexity index is 832. The average molecular weight is 397 g/mol. The van der Waals surface area contributed by atoms with Crippen LogP contribution in [-0.4, -0.2) is 18.3 Å². The van der Waals surface area contributed by atoms with Crippen molar-refractivity contribution < 1.29 is 31.9 Å². The van der Waals surface area contributed by atoms with Crippen LogP contribution in [0.2, 0.25) is 0 Å². The number of halogens is 4. The van der Waals surface area contributed by atoms with Crippen molar-refractivity contribution in [3.63, 3.8) is 0 Å². The number of carbonyl (C=O) groups excluding carboxylic acids is 2. The molecule has 2 rings (SSSR count). The minimum Gasteiger partial charge on any atom is -0.491 e. The number of ether oxygens (including phenoxy) is 1. The monoisotopic (exact) mass is 397 g/mol. The number of benzene rings is 2. The van der Waals surface area contributed by atoms with Gasteiger partial charge in [-0.25, -0.2) is 4.39 Å². The molecule has 1 N–H and O–H groups in total. The van der Waals surface area contributed by atoms with Gasteiger partial charge < -0.3 is 10.1 Å². The number of alkyl halides is 3. The van der Waals surface area contributed by atoms with Crippen LogP contribution in [0.5, 0.6) is 5.75 Å². The highest BCUT2D eigenvalue weighted by atomic mass is 19.4. The zero-order chi connectivity index (χ0) is 20.7. The molecule has 0 aliphatic rings. The first-order chi connectivity index (χ1) is 13.2. The molecule has 0 radical (unpaired) electrons. The second-order valence-corrected chi connectivity index (χ2v) is 6.04. The maximum absolute atomic E-state index is 12.9. The number of ketones is 1. The molecule has 0 aliphatic carbocycles. The minimum absolute atomic E-state index is 0.109. The fourth-order valence-corrected chi connectivity index (χ4v) is 2.36. The molecule has 0 unspecified atom stereocenters. The summed E-state index contributed by atoms with van der Waals surface area (Å²) in [5.41, 5.74) is -0.781. The van der Waals surface area contributed by atoms with Gasteiger partial charge in [0.1, 0.15) is 11.6 Å². The van der Waals surface area contributed by atoms with Gasteiger partial charge in [0.05, 0.1) is 17.9 Å². The lowest BCUT2D eigenvalue weighted by Crippen LogP contribution is -2.15. The molecular weight excluding hydrogens is 378 g/mol. The van der Waals surface area contributed by atoms with Crippen LogP contribution in [0.1, 0.15) is 42.1 Å². The van der Waals surface area contributed by atoms with E-state index in [0.717, 1.165) is 30.3 Å². The molecule has 0 saturated carbocycles. The van der Waals surface area contributed by atoms with Gasteiger partial charge in [-0.15, -0.1) is 0 Å². The van der Waals surface area contributed by atoms with Gasteiger partial charge in [0.2, 0.25) is 5.91 Å². The lowest BCUT2D eigenvalue weighted by atomic mass is 10.1. The molecule has 4 nitrogen and oxygen atoms in total. The van der Waals surface area contributed by atoms with Gasteiger partial charge in [0.25, 0.3) is 0 Å². The van der Waals surface area contributed by atoms with E-state index >= 15 is 0 Å². The van der Waals surface area contributed by atoms with Crippen molar-refractivity contribution in [2.24, 2.45) is 0 Å². The van der Waals surface area contributed by atoms with Gasteiger partial charge in [-0.2, -0.15) is 13.2 Å². The third-order valence-corrected chi connectivity index (χ3v) is 3.79. The second kappa shape index (κ2) is 9.34. The third kappa shape index (κ3) is 6.07. The number of carbonyl (C=O) groups is 2. The molecule has 0 heterocycles. The molecule has 0 fully saturated rings. The van der Waals surface area contributed by atoms with Crippen LogP contribution < -0.4 is 10.1 Å². The molecule has 0 spiro atoms. The molecule has 1 amide bonds. The largest absolute Gasteiger partial charge is 0.491 e. The number of amides is 1. The Morgan fingerprint density at radius 2 is 1.71 bits per heavy atom. The zero-order valence-electron chi connectivity index (χ0n) is 15.1. The van der Waals surface area contributed by atoms with E-state index in [1.165, 1.54) is 12.1 Å². The lowest BCUT2D eigenvalue weighted by Gasteiger charge is -2.15. The first-order valence-electron chi connectivity index (χ1n) is 8.63. The molecule has 150 valence electrons. The van der Waals surface area contributed by atoms with Gasteiger partial charge in [-0.05, 0) is 48.9 Å². The van der Waals surface area contributed by atoms with Gasteiger partial charge in [-0.3, -0.25) is 9.59 Å². The van der Waals surface area contributed by atoms with E-state index in [4.69, 9.17) is 4.74 Å². The first kappa shape index (κ1) is 21.4. The third-order valence-electron chi connectivity index (χ3n) is 3.79. The summed E-state index contributed by atoms with van der Waals surface area (Å²) in [5, 5.41) is 2.37. The van der Waals surface area contributed by atoms with Crippen LogP contribution in [-0.2, 0) is 11.0 Å². The number of anilines is 1. The molecule has 2 aromatic rings. The number of hydrogen-bond donors (Lipinski definition) is 1. The van der Waals surface area contributed by atoms with Gasteiger partial charge in [-0.1, -0.05) is 6.92 Å². The van der Waals surface area contributed by atoms with Crippen molar-refractivity contribution in [2.45, 2.75) is 32.4 Å². The molecule has 0 atom stereocenters. The fourth-order valence-electron chi connectivity index (χ4n) is 2.36. The Morgan fingerprint density at radius 3 is 2.32 bits per heavy atom. The fraction of sp³-hybridized carbons (Fsp3) is 0.300. The normalized spacial score (nSPS) is 11.2. The van der Waals surface area contributed by atoms with E-state index in [0.29, 0.717) is 6.42 Å². The van der Waals surface area contributed by atoms with Crippen molar-refractivity contribution in [1.29, 1.82) is 0 Å². The highest BCUT2D eigenvalue weighted by Gasteiger charge is 2.31. The Labute approximate surface area is 159 Å². The van der Waals surface area contributed by atoms with Crippen molar-refractivity contribution in [1.82, 2.24) is 0 Å². The quantitative estimate of drug-likeness (QED) is 0.490. The predicted octanol–water partition coefficient (Wildman–Crippen LogP) is 5.23. The Morgan fingerprint density at radius 1 is 1.04 bits per heavy atom. The summed E-state index contributed by atoms with van der Waals surface area (Å²) in [6.07, 6.45) is -4.33. The molecular formula is C20H19F4NO3. The van der Waals surface area contributed by atoms with Crippen LogP contribution >= 0.6 is 0 Å². The minimum atomic E-state index is -4.57. The van der Waals surface area contributed by atoms with Gasteiger partial charge in [0.15, 0.2) is 5.78 Å². The van der Waals surface area contributed by atoms with Gasteiger partial charge >= 0.3 is 6.18 Å². The van der Waals surface area contributed by atoms with E-state index in [1.54, 1.807) is 0 Å². The van der Waals surface area contributed by atoms with Crippen molar-refractivity contribution in [3.05, 3.63) is 59.4 Å². The summed E-state index contributed by atoms with van der Waals surface area (Å²) in [5.74, 6) is -1.37. The number of nitrogens with one attached hydrogen (secondary N) is 1. The smallest absolute Gasteiger partial charge is 0.416 e. The van der Waals surface area contributed by atoms with E-state index in [-0.39, 0.29) is 42.2 Å². The van der Waals surface area contributed by atoms with E-state index in [9.17, 15) is 27.2 Å². The first-order valence-corrected chi connectivity index (χ1v) is 8.63. The highest BCUT2D eigenvalue weighted by molar-refractivity contribution is 6.00. The maximum atomic E-state index is 12.9. The van der Waals surface area contributed by atoms with Crippen LogP contribution in [0.25, 0.3) is 0 Å². The maximum Gasteiger partial charge on any atom is 0.416 e. The van der Waals surface area contributed by atoms with Crippen molar-refractivity contribution in [2.75, 3.05) is 11.9 Å². The zero-order valence-corrected chi connectivity index (χ0v) is 15.1.